The smallest absolute Gasteiger partial charge is 0.0590 e. The first-order valence-electron chi connectivity index (χ1n) is 8.10. The van der Waals surface area contributed by atoms with Crippen molar-refractivity contribution >= 4 is 0 Å². The van der Waals surface area contributed by atoms with Gasteiger partial charge in [0.2, 0.25) is 0 Å². The molecule has 1 N–H and O–H groups in total. The molecule has 2 nitrogen and oxygen atoms in total. The van der Waals surface area contributed by atoms with E-state index in [-0.39, 0.29) is 0 Å². The molecule has 1 aromatic carbocycles. The highest BCUT2D eigenvalue weighted by Crippen LogP contribution is 2.20. The van der Waals surface area contributed by atoms with Gasteiger partial charge in [-0.25, -0.2) is 0 Å². The van der Waals surface area contributed by atoms with E-state index in [1.54, 1.807) is 0 Å². The van der Waals surface area contributed by atoms with Gasteiger partial charge in [0.15, 0.2) is 0 Å². The van der Waals surface area contributed by atoms with Gasteiger partial charge in [-0.3, -0.25) is 0 Å². The number of nitrogens with one attached hydrogen (secondary N) is 1. The quantitative estimate of drug-likeness (QED) is 0.853. The number of likely N-dealkylation sites (N-methyl/N-ethyl adjacent to an activating group) is 1. The van der Waals surface area contributed by atoms with E-state index in [0.29, 0.717) is 12.1 Å². The van der Waals surface area contributed by atoms with Gasteiger partial charge in [-0.1, -0.05) is 30.7 Å². The molecule has 20 heavy (non-hydrogen) atoms. The Balaban J connectivity index is 1.98. The van der Waals surface area contributed by atoms with E-state index in [9.17, 15) is 0 Å². The Morgan fingerprint density at radius 1 is 1.30 bits per heavy atom. The summed E-state index contributed by atoms with van der Waals surface area (Å²) in [7, 11) is 0. The number of hydrogen-bond donors (Lipinski definition) is 1. The van der Waals surface area contributed by atoms with Crippen molar-refractivity contribution in [2.45, 2.75) is 65.0 Å². The van der Waals surface area contributed by atoms with Crippen LogP contribution < -0.4 is 5.32 Å². The number of benzene rings is 1. The van der Waals surface area contributed by atoms with Crippen LogP contribution in [0.3, 0.4) is 0 Å². The van der Waals surface area contributed by atoms with Crippen molar-refractivity contribution in [2.24, 2.45) is 0 Å². The third kappa shape index (κ3) is 4.60. The number of rotatable bonds is 6. The molecule has 0 aromatic heterocycles. The molecule has 0 radical (unpaired) electrons. The zero-order chi connectivity index (χ0) is 14.4. The molecule has 112 valence electrons. The van der Waals surface area contributed by atoms with Crippen LogP contribution in [-0.4, -0.2) is 25.3 Å². The summed E-state index contributed by atoms with van der Waals surface area (Å²) in [6.45, 7) is 8.57. The predicted octanol–water partition coefficient (Wildman–Crippen LogP) is 3.78. The van der Waals surface area contributed by atoms with Gasteiger partial charge in [-0.05, 0) is 63.6 Å². The third-order valence-electron chi connectivity index (χ3n) is 4.29. The van der Waals surface area contributed by atoms with E-state index < -0.39 is 0 Å². The summed E-state index contributed by atoms with van der Waals surface area (Å²) in [4.78, 5) is 0. The summed E-state index contributed by atoms with van der Waals surface area (Å²) in [6.07, 6.45) is 6.50. The van der Waals surface area contributed by atoms with Crippen LogP contribution in [0.4, 0.5) is 0 Å². The van der Waals surface area contributed by atoms with Crippen LogP contribution in [0.15, 0.2) is 18.2 Å². The van der Waals surface area contributed by atoms with E-state index in [0.717, 1.165) is 26.0 Å². The molecule has 1 aliphatic heterocycles. The molecule has 0 spiro atoms. The van der Waals surface area contributed by atoms with Crippen LogP contribution in [0, 0.1) is 13.8 Å². The van der Waals surface area contributed by atoms with E-state index in [1.807, 2.05) is 0 Å². The average Bonchev–Trinajstić information content (AvgIpc) is 2.44. The van der Waals surface area contributed by atoms with Crippen molar-refractivity contribution in [3.8, 4) is 0 Å². The fourth-order valence-electron chi connectivity index (χ4n) is 3.12. The molecule has 1 saturated heterocycles. The molecule has 1 aliphatic rings. The maximum Gasteiger partial charge on any atom is 0.0590 e. The molecule has 2 heteroatoms. The first-order chi connectivity index (χ1) is 9.69. The lowest BCUT2D eigenvalue weighted by atomic mass is 9.94. The molecular formula is C18H29NO. The number of hydrogen-bond acceptors (Lipinski definition) is 2. The van der Waals surface area contributed by atoms with Crippen molar-refractivity contribution in [1.29, 1.82) is 0 Å². The van der Waals surface area contributed by atoms with Crippen LogP contribution in [0.25, 0.3) is 0 Å². The molecule has 2 unspecified atom stereocenters. The highest BCUT2D eigenvalue weighted by atomic mass is 16.5. The topological polar surface area (TPSA) is 21.3 Å². The normalized spacial score (nSPS) is 20.9. The van der Waals surface area contributed by atoms with E-state index in [2.05, 4.69) is 44.3 Å². The van der Waals surface area contributed by atoms with Gasteiger partial charge in [-0.15, -0.1) is 0 Å². The molecule has 2 atom stereocenters. The lowest BCUT2D eigenvalue weighted by Gasteiger charge is -2.28. The second-order valence-electron chi connectivity index (χ2n) is 6.11. The Morgan fingerprint density at radius 3 is 2.85 bits per heavy atom. The van der Waals surface area contributed by atoms with Crippen LogP contribution >= 0.6 is 0 Å². The summed E-state index contributed by atoms with van der Waals surface area (Å²) < 4.78 is 5.91. The molecule has 1 heterocycles. The largest absolute Gasteiger partial charge is 0.378 e. The van der Waals surface area contributed by atoms with Crippen molar-refractivity contribution < 1.29 is 4.74 Å². The van der Waals surface area contributed by atoms with Gasteiger partial charge in [0, 0.05) is 12.6 Å². The minimum absolute atomic E-state index is 0.456. The Kier molecular flexibility index (Phi) is 6.06. The van der Waals surface area contributed by atoms with Crippen LogP contribution in [0.2, 0.25) is 0 Å². The number of aryl methyl sites for hydroxylation is 2. The van der Waals surface area contributed by atoms with E-state index in [1.165, 1.54) is 36.0 Å². The molecule has 2 rings (SSSR count). The summed E-state index contributed by atoms with van der Waals surface area (Å²) in [6, 6.07) is 7.31. The zero-order valence-corrected chi connectivity index (χ0v) is 13.2. The lowest BCUT2D eigenvalue weighted by molar-refractivity contribution is 0.00534. The highest BCUT2D eigenvalue weighted by molar-refractivity contribution is 5.31. The summed E-state index contributed by atoms with van der Waals surface area (Å²) in [5.74, 6) is 0. The maximum absolute atomic E-state index is 5.91. The lowest BCUT2D eigenvalue weighted by Crippen LogP contribution is -2.36. The maximum atomic E-state index is 5.91. The van der Waals surface area contributed by atoms with Gasteiger partial charge < -0.3 is 10.1 Å². The fraction of sp³-hybridized carbons (Fsp3) is 0.667. The first kappa shape index (κ1) is 15.5. The molecule has 1 fully saturated rings. The fourth-order valence-corrected chi connectivity index (χ4v) is 3.12. The van der Waals surface area contributed by atoms with Gasteiger partial charge in [0.05, 0.1) is 6.10 Å². The molecule has 0 amide bonds. The minimum Gasteiger partial charge on any atom is -0.378 e. The van der Waals surface area contributed by atoms with Crippen molar-refractivity contribution in [3.63, 3.8) is 0 Å². The summed E-state index contributed by atoms with van der Waals surface area (Å²) in [5, 5.41) is 3.65. The number of ether oxygens (including phenoxy) is 1. The minimum atomic E-state index is 0.456. The molecule has 0 bridgehead atoms. The third-order valence-corrected chi connectivity index (χ3v) is 4.29. The zero-order valence-electron chi connectivity index (χ0n) is 13.2. The second-order valence-corrected chi connectivity index (χ2v) is 6.11. The molecule has 1 aromatic rings. The molecule has 0 saturated carbocycles. The van der Waals surface area contributed by atoms with Crippen LogP contribution in [0.5, 0.6) is 0 Å². The molecular weight excluding hydrogens is 246 g/mol. The Hall–Kier alpha value is -0.860. The van der Waals surface area contributed by atoms with E-state index >= 15 is 0 Å². The van der Waals surface area contributed by atoms with Gasteiger partial charge in [-0.2, -0.15) is 0 Å². The molecule has 0 aliphatic carbocycles. The SMILES string of the molecule is CCNC(Cc1cc(C)ccc1C)CC1CCCCO1. The van der Waals surface area contributed by atoms with Gasteiger partial charge >= 0.3 is 0 Å². The summed E-state index contributed by atoms with van der Waals surface area (Å²) in [5.41, 5.74) is 4.24. The van der Waals surface area contributed by atoms with Crippen molar-refractivity contribution in [1.82, 2.24) is 5.32 Å². The van der Waals surface area contributed by atoms with Crippen LogP contribution in [-0.2, 0) is 11.2 Å². The Bertz CT molecular complexity index is 410. The predicted molar refractivity (Wildman–Crippen MR) is 85.3 cm³/mol. The standard InChI is InChI=1S/C18H29NO/c1-4-19-17(13-18-7-5-6-10-20-18)12-16-11-14(2)8-9-15(16)3/h8-9,11,17-19H,4-7,10,12-13H2,1-3H3. The van der Waals surface area contributed by atoms with Gasteiger partial charge in [0.25, 0.3) is 0 Å². The first-order valence-corrected chi connectivity index (χ1v) is 8.10. The van der Waals surface area contributed by atoms with Gasteiger partial charge in [0.1, 0.15) is 0 Å². The van der Waals surface area contributed by atoms with Crippen molar-refractivity contribution in [3.05, 3.63) is 34.9 Å². The highest BCUT2D eigenvalue weighted by Gasteiger charge is 2.19. The average molecular weight is 275 g/mol. The Morgan fingerprint density at radius 2 is 2.15 bits per heavy atom. The summed E-state index contributed by atoms with van der Waals surface area (Å²) >= 11 is 0. The van der Waals surface area contributed by atoms with Crippen molar-refractivity contribution in [2.75, 3.05) is 13.2 Å². The van der Waals surface area contributed by atoms with E-state index in [4.69, 9.17) is 4.74 Å². The van der Waals surface area contributed by atoms with Crippen LogP contribution in [0.1, 0.15) is 49.3 Å². The Labute approximate surface area is 123 Å². The monoisotopic (exact) mass is 275 g/mol. The second kappa shape index (κ2) is 7.80.